The third kappa shape index (κ3) is 2.72. The van der Waals surface area contributed by atoms with Crippen LogP contribution in [0, 0.1) is 5.82 Å². The van der Waals surface area contributed by atoms with Crippen molar-refractivity contribution in [3.05, 3.63) is 27.6 Å². The Morgan fingerprint density at radius 2 is 2.15 bits per heavy atom. The number of aryl methyl sites for hydroxylation is 1. The molecular formula is C9H7BrClFN4O3S. The van der Waals surface area contributed by atoms with E-state index in [1.807, 2.05) is 4.72 Å². The van der Waals surface area contributed by atoms with E-state index < -0.39 is 21.6 Å². The Kier molecular flexibility index (Phi) is 3.89. The molecule has 2 rings (SSSR count). The second-order valence-corrected chi connectivity index (χ2v) is 6.45. The second kappa shape index (κ2) is 5.19. The van der Waals surface area contributed by atoms with Crippen molar-refractivity contribution in [3.63, 3.8) is 0 Å². The van der Waals surface area contributed by atoms with Gasteiger partial charge in [-0.3, -0.25) is 4.72 Å². The molecule has 0 aliphatic rings. The van der Waals surface area contributed by atoms with Crippen LogP contribution in [0.1, 0.15) is 0 Å². The molecule has 0 amide bonds. The lowest BCUT2D eigenvalue weighted by Crippen LogP contribution is -2.17. The normalized spacial score (nSPS) is 11.6. The van der Waals surface area contributed by atoms with Gasteiger partial charge >= 0.3 is 0 Å². The van der Waals surface area contributed by atoms with Gasteiger partial charge in [0.25, 0.3) is 10.0 Å². The van der Waals surface area contributed by atoms with Crippen molar-refractivity contribution in [2.24, 2.45) is 7.05 Å². The van der Waals surface area contributed by atoms with Gasteiger partial charge in [0.15, 0.2) is 10.4 Å². The number of aromatic hydroxyl groups is 1. The van der Waals surface area contributed by atoms with Crippen molar-refractivity contribution in [1.82, 2.24) is 15.0 Å². The molecule has 0 radical (unpaired) electrons. The molecule has 7 nitrogen and oxygen atoms in total. The fourth-order valence-electron chi connectivity index (χ4n) is 1.44. The maximum absolute atomic E-state index is 13.2. The van der Waals surface area contributed by atoms with E-state index in [0.717, 1.165) is 16.8 Å². The number of anilines is 1. The minimum atomic E-state index is -4.13. The van der Waals surface area contributed by atoms with Crippen LogP contribution in [0.3, 0.4) is 0 Å². The van der Waals surface area contributed by atoms with Crippen molar-refractivity contribution < 1.29 is 17.9 Å². The predicted molar refractivity (Wildman–Crippen MR) is 72.6 cm³/mol. The van der Waals surface area contributed by atoms with Crippen LogP contribution in [0.2, 0.25) is 5.02 Å². The SMILES string of the molecule is Cn1nnc(Br)c1S(=O)(=O)Nc1cc(F)cc(Cl)c1O. The van der Waals surface area contributed by atoms with Crippen LogP contribution in [0.15, 0.2) is 21.8 Å². The lowest BCUT2D eigenvalue weighted by Gasteiger charge is -2.10. The molecule has 0 aliphatic heterocycles. The van der Waals surface area contributed by atoms with Gasteiger partial charge in [-0.05, 0) is 22.0 Å². The van der Waals surface area contributed by atoms with Crippen molar-refractivity contribution in [2.45, 2.75) is 5.03 Å². The van der Waals surface area contributed by atoms with Gasteiger partial charge in [-0.25, -0.2) is 9.07 Å². The van der Waals surface area contributed by atoms with Gasteiger partial charge in [-0.15, -0.1) is 5.10 Å². The van der Waals surface area contributed by atoms with E-state index in [1.54, 1.807) is 0 Å². The molecule has 0 saturated heterocycles. The van der Waals surface area contributed by atoms with Gasteiger partial charge in [0, 0.05) is 13.1 Å². The third-order valence-corrected chi connectivity index (χ3v) is 4.80. The zero-order valence-electron chi connectivity index (χ0n) is 9.80. The number of benzene rings is 1. The lowest BCUT2D eigenvalue weighted by molar-refractivity contribution is 0.476. The molecule has 2 aromatic rings. The maximum atomic E-state index is 13.2. The molecule has 0 spiro atoms. The van der Waals surface area contributed by atoms with Crippen LogP contribution >= 0.6 is 27.5 Å². The number of aromatic nitrogens is 3. The molecule has 0 saturated carbocycles. The largest absolute Gasteiger partial charge is 0.504 e. The van der Waals surface area contributed by atoms with Crippen LogP contribution in [0.4, 0.5) is 10.1 Å². The monoisotopic (exact) mass is 384 g/mol. The average molecular weight is 386 g/mol. The summed E-state index contributed by atoms with van der Waals surface area (Å²) < 4.78 is 40.5. The first kappa shape index (κ1) is 15.0. The summed E-state index contributed by atoms with van der Waals surface area (Å²) in [6, 6.07) is 1.66. The molecule has 0 unspecified atom stereocenters. The van der Waals surface area contributed by atoms with E-state index in [-0.39, 0.29) is 20.3 Å². The summed E-state index contributed by atoms with van der Waals surface area (Å²) in [6.45, 7) is 0. The van der Waals surface area contributed by atoms with Crippen LogP contribution in [0.5, 0.6) is 5.75 Å². The number of hydrogen-bond acceptors (Lipinski definition) is 5. The van der Waals surface area contributed by atoms with Gasteiger partial charge < -0.3 is 5.11 Å². The Morgan fingerprint density at radius 3 is 2.70 bits per heavy atom. The first-order valence-corrected chi connectivity index (χ1v) is 7.64. The Balaban J connectivity index is 2.49. The van der Waals surface area contributed by atoms with Gasteiger partial charge in [0.2, 0.25) is 5.03 Å². The average Bonchev–Trinajstić information content (AvgIpc) is 2.65. The first-order valence-electron chi connectivity index (χ1n) is 4.98. The Bertz CT molecular complexity index is 760. The van der Waals surface area contributed by atoms with Crippen LogP contribution in [-0.4, -0.2) is 28.5 Å². The lowest BCUT2D eigenvalue weighted by atomic mass is 10.3. The van der Waals surface area contributed by atoms with Crippen molar-refractivity contribution in [1.29, 1.82) is 0 Å². The number of hydrogen-bond donors (Lipinski definition) is 2. The van der Waals surface area contributed by atoms with Gasteiger partial charge in [-0.1, -0.05) is 16.8 Å². The summed E-state index contributed by atoms with van der Waals surface area (Å²) >= 11 is 8.51. The van der Waals surface area contributed by atoms with E-state index in [0.29, 0.717) is 0 Å². The minimum Gasteiger partial charge on any atom is -0.504 e. The summed E-state index contributed by atoms with van der Waals surface area (Å²) in [5, 5.41) is 16.1. The Hall–Kier alpha value is -1.39. The Morgan fingerprint density at radius 1 is 1.50 bits per heavy atom. The molecule has 20 heavy (non-hydrogen) atoms. The molecule has 1 heterocycles. The molecule has 108 valence electrons. The van der Waals surface area contributed by atoms with Crippen LogP contribution < -0.4 is 4.72 Å². The fraction of sp³-hybridized carbons (Fsp3) is 0.111. The fourth-order valence-corrected chi connectivity index (χ4v) is 3.81. The number of nitrogens with zero attached hydrogens (tertiary/aromatic N) is 3. The highest BCUT2D eigenvalue weighted by atomic mass is 79.9. The number of phenols is 1. The molecule has 1 aromatic heterocycles. The quantitative estimate of drug-likeness (QED) is 0.786. The van der Waals surface area contributed by atoms with E-state index >= 15 is 0 Å². The molecule has 0 bridgehead atoms. The summed E-state index contributed by atoms with van der Waals surface area (Å²) in [5.41, 5.74) is -0.386. The standard InChI is InChI=1S/C9H7BrClFN4O3S/c1-16-9(8(10)13-15-16)20(18,19)14-6-3-4(12)2-5(11)7(6)17/h2-3,14,17H,1H3. The molecule has 2 N–H and O–H groups in total. The van der Waals surface area contributed by atoms with Crippen molar-refractivity contribution in [2.75, 3.05) is 4.72 Å². The van der Waals surface area contributed by atoms with Crippen molar-refractivity contribution in [3.8, 4) is 5.75 Å². The van der Waals surface area contributed by atoms with Gasteiger partial charge in [-0.2, -0.15) is 8.42 Å². The summed E-state index contributed by atoms with van der Waals surface area (Å²) in [5.74, 6) is -1.38. The number of rotatable bonds is 3. The van der Waals surface area contributed by atoms with Gasteiger partial charge in [0.05, 0.1) is 10.7 Å². The van der Waals surface area contributed by atoms with Crippen LogP contribution in [0.25, 0.3) is 0 Å². The smallest absolute Gasteiger partial charge is 0.282 e. The third-order valence-electron chi connectivity index (χ3n) is 2.26. The highest BCUT2D eigenvalue weighted by Crippen LogP contribution is 2.34. The predicted octanol–water partition coefficient (Wildman–Crippen LogP) is 1.88. The van der Waals surface area contributed by atoms with E-state index in [1.165, 1.54) is 7.05 Å². The molecule has 0 fully saturated rings. The summed E-state index contributed by atoms with van der Waals surface area (Å²) in [4.78, 5) is 0. The number of nitrogens with one attached hydrogen (secondary N) is 1. The van der Waals surface area contributed by atoms with E-state index in [4.69, 9.17) is 11.6 Å². The molecule has 11 heteroatoms. The molecule has 0 aliphatic carbocycles. The highest BCUT2D eigenvalue weighted by Gasteiger charge is 2.25. The van der Waals surface area contributed by atoms with Gasteiger partial charge in [0.1, 0.15) is 5.82 Å². The highest BCUT2D eigenvalue weighted by molar-refractivity contribution is 9.10. The number of phenolic OH excluding ortho intramolecular Hbond substituents is 1. The van der Waals surface area contributed by atoms with Crippen molar-refractivity contribution >= 4 is 43.2 Å². The van der Waals surface area contributed by atoms with E-state index in [2.05, 4.69) is 26.2 Å². The molecular weight excluding hydrogens is 379 g/mol. The molecule has 1 aromatic carbocycles. The summed E-state index contributed by atoms with van der Waals surface area (Å²) in [7, 11) is -2.77. The topological polar surface area (TPSA) is 97.1 Å². The summed E-state index contributed by atoms with van der Waals surface area (Å²) in [6.07, 6.45) is 0. The maximum Gasteiger partial charge on any atom is 0.282 e. The molecule has 0 atom stereocenters. The zero-order chi connectivity index (χ0) is 15.1. The number of sulfonamides is 1. The van der Waals surface area contributed by atoms with Crippen LogP contribution in [-0.2, 0) is 17.1 Å². The minimum absolute atomic E-state index is 0.0190. The number of halogens is 3. The van der Waals surface area contributed by atoms with E-state index in [9.17, 15) is 17.9 Å². The first-order chi connectivity index (χ1) is 9.22. The second-order valence-electron chi connectivity index (χ2n) is 3.70. The zero-order valence-corrected chi connectivity index (χ0v) is 13.0. The Labute approximate surface area is 126 Å².